The van der Waals surface area contributed by atoms with Crippen molar-refractivity contribution in [1.82, 2.24) is 0 Å². The third kappa shape index (κ3) is 6.72. The summed E-state index contributed by atoms with van der Waals surface area (Å²) in [6, 6.07) is 4.27. The van der Waals surface area contributed by atoms with Crippen molar-refractivity contribution in [2.24, 2.45) is 0 Å². The van der Waals surface area contributed by atoms with Crippen LogP contribution in [0.15, 0.2) is 18.2 Å². The molecule has 0 amide bonds. The Labute approximate surface area is 137 Å². The van der Waals surface area contributed by atoms with E-state index in [0.717, 1.165) is 19.3 Å². The van der Waals surface area contributed by atoms with Crippen LogP contribution in [0.2, 0.25) is 0 Å². The fraction of sp³-hybridized carbons (Fsp3) is 0.556. The van der Waals surface area contributed by atoms with E-state index in [-0.39, 0.29) is 16.9 Å². The number of rotatable bonds is 12. The van der Waals surface area contributed by atoms with Gasteiger partial charge in [-0.15, -0.1) is 0 Å². The van der Waals surface area contributed by atoms with Crippen molar-refractivity contribution in [2.75, 3.05) is 6.61 Å². The largest absolute Gasteiger partial charge is 0.493 e. The SMILES string of the molecule is CCCCCCCCCCOc1cccc(C(=O)O)c1C(=O)O. The topological polar surface area (TPSA) is 83.8 Å². The van der Waals surface area contributed by atoms with Gasteiger partial charge in [-0.25, -0.2) is 9.59 Å². The number of benzene rings is 1. The van der Waals surface area contributed by atoms with Crippen molar-refractivity contribution in [3.63, 3.8) is 0 Å². The monoisotopic (exact) mass is 322 g/mol. The molecule has 0 aliphatic heterocycles. The number of ether oxygens (including phenoxy) is 1. The summed E-state index contributed by atoms with van der Waals surface area (Å²) in [6.07, 6.45) is 9.33. The van der Waals surface area contributed by atoms with Crippen LogP contribution < -0.4 is 4.74 Å². The maximum Gasteiger partial charge on any atom is 0.340 e. The summed E-state index contributed by atoms with van der Waals surface area (Å²) in [5.41, 5.74) is -0.523. The van der Waals surface area contributed by atoms with Gasteiger partial charge in [0.1, 0.15) is 11.3 Å². The van der Waals surface area contributed by atoms with Crippen LogP contribution >= 0.6 is 0 Å². The maximum atomic E-state index is 11.3. The minimum absolute atomic E-state index is 0.125. The minimum Gasteiger partial charge on any atom is -0.493 e. The first kappa shape index (κ1) is 19.0. The van der Waals surface area contributed by atoms with Crippen molar-refractivity contribution >= 4 is 11.9 Å². The third-order valence-electron chi connectivity index (χ3n) is 3.73. The van der Waals surface area contributed by atoms with Crippen molar-refractivity contribution < 1.29 is 24.5 Å². The molecule has 0 saturated carbocycles. The summed E-state index contributed by atoms with van der Waals surface area (Å²) < 4.78 is 5.49. The zero-order chi connectivity index (χ0) is 17.1. The lowest BCUT2D eigenvalue weighted by Gasteiger charge is -2.11. The second-order valence-corrected chi connectivity index (χ2v) is 5.61. The van der Waals surface area contributed by atoms with Gasteiger partial charge in [-0.1, -0.05) is 57.9 Å². The van der Waals surface area contributed by atoms with Crippen LogP contribution in [0.25, 0.3) is 0 Å². The van der Waals surface area contributed by atoms with E-state index in [4.69, 9.17) is 9.84 Å². The van der Waals surface area contributed by atoms with E-state index >= 15 is 0 Å². The average molecular weight is 322 g/mol. The van der Waals surface area contributed by atoms with E-state index in [9.17, 15) is 14.7 Å². The van der Waals surface area contributed by atoms with E-state index in [1.807, 2.05) is 0 Å². The van der Waals surface area contributed by atoms with Crippen LogP contribution in [0.3, 0.4) is 0 Å². The molecule has 0 heterocycles. The zero-order valence-electron chi connectivity index (χ0n) is 13.7. The summed E-state index contributed by atoms with van der Waals surface area (Å²) in [5.74, 6) is -2.42. The lowest BCUT2D eigenvalue weighted by atomic mass is 10.1. The Bertz CT molecular complexity index is 510. The van der Waals surface area contributed by atoms with E-state index in [1.165, 1.54) is 50.3 Å². The maximum absolute atomic E-state index is 11.3. The molecule has 5 nitrogen and oxygen atoms in total. The van der Waals surface area contributed by atoms with Crippen LogP contribution in [-0.2, 0) is 0 Å². The van der Waals surface area contributed by atoms with Crippen molar-refractivity contribution in [1.29, 1.82) is 0 Å². The van der Waals surface area contributed by atoms with Gasteiger partial charge in [0.2, 0.25) is 0 Å². The van der Waals surface area contributed by atoms with Gasteiger partial charge in [0.05, 0.1) is 12.2 Å². The normalized spacial score (nSPS) is 10.5. The zero-order valence-corrected chi connectivity index (χ0v) is 13.7. The molecule has 0 atom stereocenters. The summed E-state index contributed by atoms with van der Waals surface area (Å²) in [5, 5.41) is 18.2. The van der Waals surface area contributed by atoms with Crippen LogP contribution in [0.4, 0.5) is 0 Å². The van der Waals surface area contributed by atoms with Gasteiger partial charge in [0.15, 0.2) is 0 Å². The molecular weight excluding hydrogens is 296 g/mol. The van der Waals surface area contributed by atoms with Crippen LogP contribution in [0.5, 0.6) is 5.75 Å². The molecule has 0 aliphatic rings. The first-order valence-electron chi connectivity index (χ1n) is 8.30. The molecule has 1 aromatic rings. The Kier molecular flexibility index (Phi) is 8.80. The van der Waals surface area contributed by atoms with E-state index in [2.05, 4.69) is 6.92 Å². The van der Waals surface area contributed by atoms with Gasteiger partial charge < -0.3 is 14.9 Å². The third-order valence-corrected chi connectivity index (χ3v) is 3.73. The van der Waals surface area contributed by atoms with E-state index < -0.39 is 11.9 Å². The number of carboxylic acid groups (broad SMARTS) is 2. The fourth-order valence-corrected chi connectivity index (χ4v) is 2.47. The molecule has 0 aliphatic carbocycles. The molecule has 2 N–H and O–H groups in total. The summed E-state index contributed by atoms with van der Waals surface area (Å²) in [7, 11) is 0. The Morgan fingerprint density at radius 1 is 0.913 bits per heavy atom. The van der Waals surface area contributed by atoms with Crippen molar-refractivity contribution in [2.45, 2.75) is 58.3 Å². The fourth-order valence-electron chi connectivity index (χ4n) is 2.47. The predicted octanol–water partition coefficient (Wildman–Crippen LogP) is 4.60. The van der Waals surface area contributed by atoms with Gasteiger partial charge in [0.25, 0.3) is 0 Å². The molecule has 5 heteroatoms. The molecule has 23 heavy (non-hydrogen) atoms. The van der Waals surface area contributed by atoms with E-state index in [0.29, 0.717) is 6.61 Å². The highest BCUT2D eigenvalue weighted by molar-refractivity contribution is 6.03. The van der Waals surface area contributed by atoms with Gasteiger partial charge in [-0.05, 0) is 18.6 Å². The number of unbranched alkanes of at least 4 members (excludes halogenated alkanes) is 7. The first-order valence-corrected chi connectivity index (χ1v) is 8.30. The highest BCUT2D eigenvalue weighted by atomic mass is 16.5. The number of hydrogen-bond acceptors (Lipinski definition) is 3. The van der Waals surface area contributed by atoms with Crippen molar-refractivity contribution in [3.05, 3.63) is 29.3 Å². The number of carbonyl (C=O) groups is 2. The van der Waals surface area contributed by atoms with Gasteiger partial charge in [0, 0.05) is 0 Å². The van der Waals surface area contributed by atoms with Crippen LogP contribution in [0, 0.1) is 0 Å². The highest BCUT2D eigenvalue weighted by Gasteiger charge is 2.20. The first-order chi connectivity index (χ1) is 11.1. The molecule has 0 spiro atoms. The number of hydrogen-bond donors (Lipinski definition) is 2. The lowest BCUT2D eigenvalue weighted by molar-refractivity contribution is 0.0647. The standard InChI is InChI=1S/C18H26O5/c1-2-3-4-5-6-7-8-9-13-23-15-12-10-11-14(17(19)20)16(15)18(21)22/h10-12H,2-9,13H2,1H3,(H,19,20)(H,21,22). The molecule has 0 aromatic heterocycles. The van der Waals surface area contributed by atoms with Gasteiger partial charge in [-0.2, -0.15) is 0 Å². The molecule has 0 fully saturated rings. The molecular formula is C18H26O5. The average Bonchev–Trinajstić information content (AvgIpc) is 2.52. The van der Waals surface area contributed by atoms with Crippen LogP contribution in [-0.4, -0.2) is 28.8 Å². The lowest BCUT2D eigenvalue weighted by Crippen LogP contribution is -2.11. The Morgan fingerprint density at radius 2 is 1.52 bits per heavy atom. The summed E-state index contributed by atoms with van der Waals surface area (Å²) in [4.78, 5) is 22.3. The van der Waals surface area contributed by atoms with Gasteiger partial charge >= 0.3 is 11.9 Å². The molecule has 1 rings (SSSR count). The Balaban J connectivity index is 2.39. The second-order valence-electron chi connectivity index (χ2n) is 5.61. The highest BCUT2D eigenvalue weighted by Crippen LogP contribution is 2.23. The second kappa shape index (κ2) is 10.6. The molecule has 0 radical (unpaired) electrons. The van der Waals surface area contributed by atoms with E-state index in [1.54, 1.807) is 0 Å². The number of carboxylic acids is 2. The summed E-state index contributed by atoms with van der Waals surface area (Å²) >= 11 is 0. The van der Waals surface area contributed by atoms with Gasteiger partial charge in [-0.3, -0.25) is 0 Å². The molecule has 0 unspecified atom stereocenters. The Morgan fingerprint density at radius 3 is 2.09 bits per heavy atom. The predicted molar refractivity (Wildman–Crippen MR) is 88.5 cm³/mol. The molecule has 0 bridgehead atoms. The smallest absolute Gasteiger partial charge is 0.340 e. The number of aromatic carboxylic acids is 2. The molecule has 128 valence electrons. The quantitative estimate of drug-likeness (QED) is 0.549. The molecule has 0 saturated heterocycles. The van der Waals surface area contributed by atoms with Crippen LogP contribution in [0.1, 0.15) is 79.0 Å². The Hall–Kier alpha value is -2.04. The van der Waals surface area contributed by atoms with Crippen molar-refractivity contribution in [3.8, 4) is 5.75 Å². The summed E-state index contributed by atoms with van der Waals surface area (Å²) in [6.45, 7) is 2.60. The molecule has 1 aromatic carbocycles. The minimum atomic E-state index is -1.28.